The van der Waals surface area contributed by atoms with Gasteiger partial charge in [0.1, 0.15) is 18.7 Å². The molecule has 16 N–H and O–H groups in total. The van der Waals surface area contributed by atoms with Gasteiger partial charge in [-0.2, -0.15) is 0 Å². The predicted octanol–water partition coefficient (Wildman–Crippen LogP) is -5.91. The van der Waals surface area contributed by atoms with Crippen molar-refractivity contribution >= 4 is 117 Å². The number of fused-ring (bicyclic) bond motifs is 6. The van der Waals surface area contributed by atoms with Gasteiger partial charge in [0.05, 0.1) is 32.8 Å². The van der Waals surface area contributed by atoms with Gasteiger partial charge in [-0.25, -0.2) is 4.79 Å². The summed E-state index contributed by atoms with van der Waals surface area (Å²) in [5.41, 5.74) is -2.19. The number of aromatic nitrogens is 1. The average molecular weight is 1960 g/mol. The Balaban J connectivity index is 0.706. The van der Waals surface area contributed by atoms with E-state index in [2.05, 4.69) is 78.2 Å². The maximum absolute atomic E-state index is 16.6. The number of ether oxygens (including phenoxy) is 5. The average Bonchev–Trinajstić information content (AvgIpc) is 1.47. The van der Waals surface area contributed by atoms with Gasteiger partial charge in [-0.05, 0) is 44.9 Å². The van der Waals surface area contributed by atoms with Crippen LogP contribution in [0.2, 0.25) is 0 Å². The first kappa shape index (κ1) is 103. The van der Waals surface area contributed by atoms with Gasteiger partial charge in [-0.15, -0.1) is 0 Å². The number of imide groups is 1. The number of amides is 13. The minimum atomic E-state index is -2.43. The van der Waals surface area contributed by atoms with Crippen LogP contribution in [0.4, 0.5) is 5.69 Å². The van der Waals surface area contributed by atoms with Crippen molar-refractivity contribution in [1.82, 2.24) is 78.2 Å². The number of benzene rings is 2. The number of halogens is 1. The predicted molar refractivity (Wildman–Crippen MR) is 468 cm³/mol. The Morgan fingerprint density at radius 3 is 1.98 bits per heavy atom. The van der Waals surface area contributed by atoms with Crippen LogP contribution in [0.15, 0.2) is 60.7 Å². The van der Waals surface area contributed by atoms with Gasteiger partial charge < -0.3 is 67.5 Å². The summed E-state index contributed by atoms with van der Waals surface area (Å²) in [6, 6.07) is 7.66. The molecule has 2 bridgehead atoms. The van der Waals surface area contributed by atoms with Gasteiger partial charge in [0, 0.05) is 90.0 Å². The van der Waals surface area contributed by atoms with Gasteiger partial charge >= 0.3 is 374 Å². The summed E-state index contributed by atoms with van der Waals surface area (Å²) in [4.78, 5) is 233. The number of methoxy groups -OCH3 is 2. The van der Waals surface area contributed by atoms with Crippen LogP contribution in [0.5, 0.6) is 5.75 Å². The first-order valence-corrected chi connectivity index (χ1v) is 47.9. The quantitative estimate of drug-likeness (QED) is 0.00625. The molecule has 0 radical (unpaired) electrons. The molecular formula is C89H124IN16O26-. The summed E-state index contributed by atoms with van der Waals surface area (Å²) in [6.07, 6.45) is 6.71. The summed E-state index contributed by atoms with van der Waals surface area (Å²) >= 11 is -1.03. The van der Waals surface area contributed by atoms with Gasteiger partial charge in [-0.3, -0.25) is 67.2 Å². The number of carbonyl (C=O) groups excluding carboxylic acids is 15. The normalized spacial score (nSPS) is 23.5. The van der Waals surface area contributed by atoms with E-state index in [1.165, 1.54) is 21.1 Å². The minimum absolute atomic E-state index is 0.00213. The van der Waals surface area contributed by atoms with E-state index in [-0.39, 0.29) is 161 Å². The molecule has 132 heavy (non-hydrogen) atoms. The molecule has 2 aromatic carbocycles. The first-order valence-electron chi connectivity index (χ1n) is 44.7. The Bertz CT molecular complexity index is 4820. The van der Waals surface area contributed by atoms with E-state index in [0.717, 1.165) is 39.1 Å². The zero-order valence-electron chi connectivity index (χ0n) is 75.3. The first-order chi connectivity index (χ1) is 63.1. The van der Waals surface area contributed by atoms with Crippen molar-refractivity contribution in [1.29, 1.82) is 0 Å². The molecule has 1 spiro atoms. The van der Waals surface area contributed by atoms with Crippen molar-refractivity contribution in [3.8, 4) is 5.75 Å². The molecule has 43 heteroatoms. The number of rotatable bonds is 51. The number of carboxylic acids is 2. The molecule has 1 unspecified atom stereocenters. The van der Waals surface area contributed by atoms with E-state index in [9.17, 15) is 92.0 Å². The number of likely N-dealkylation sites (N-methyl/N-ethyl adjacent to an activating group) is 1. The van der Waals surface area contributed by atoms with Gasteiger partial charge in [0.25, 0.3) is 11.8 Å². The number of aliphatic carboxylic acids is 2. The number of H-pyrrole nitrogens is 1. The van der Waals surface area contributed by atoms with Crippen LogP contribution >= 0.6 is 0 Å². The fraction of sp³-hybridized carbons (Fsp3) is 0.607. The number of hydrogen-bond donors (Lipinski definition) is 16. The van der Waals surface area contributed by atoms with Gasteiger partial charge in [0.2, 0.25) is 59.1 Å². The summed E-state index contributed by atoms with van der Waals surface area (Å²) in [5, 5.41) is 73.8. The third kappa shape index (κ3) is 25.0. The van der Waals surface area contributed by atoms with Crippen molar-refractivity contribution in [3.05, 3.63) is 83.1 Å². The molecule has 3 aromatic rings. The molecule has 12 atom stereocenters. The molecule has 2 saturated heterocycles. The summed E-state index contributed by atoms with van der Waals surface area (Å²) < 4.78 is 28.1. The number of unbranched alkanes of at least 4 members (excludes halogenated alkanes) is 1. The molecular weight excluding hydrogens is 1840 g/mol. The number of carbonyl (C=O) groups is 17. The maximum atomic E-state index is 16.6. The molecule has 1 aromatic heterocycles. The SMILES string of the molecule is CC[C@]1(O)C[C@H]2CN(CCc3c([nH]c4ccccc34)[C@@](C(=O)NCCNC(=O)CNC(=O)CNC(=O)CNC(=O)[C@@H](CCCCNC(=O)CCOCCNC(=O)COCCCNC(=O)CC[C@H](NC(=O)CCCC(=O)O)C(=O)O)NC(=O)CCNC(=O)CCCN3C(=O)C=CC3=O)(c3cc4c(cc3OC)N(C)[C@H]3[C@@](O)(C(=O)OC)[C@H](OC(C)=O)[C@]5([I-]C)C=CCN6CC[C@]43[C@@H]65)C2)C1. The molecule has 1 aliphatic carbocycles. The summed E-state index contributed by atoms with van der Waals surface area (Å²) in [5.74, 6) is -11.6. The fourth-order valence-electron chi connectivity index (χ4n) is 19.4. The molecule has 6 aliphatic heterocycles. The Morgan fingerprint density at radius 1 is 0.629 bits per heavy atom. The summed E-state index contributed by atoms with van der Waals surface area (Å²) in [6.45, 7) is 3.84. The molecule has 13 amide bonds. The number of esters is 2. The zero-order valence-corrected chi connectivity index (χ0v) is 77.5. The Kier molecular flexibility index (Phi) is 36.9. The second-order valence-corrected chi connectivity index (χ2v) is 37.1. The fourth-order valence-corrected chi connectivity index (χ4v) is 22.8. The van der Waals surface area contributed by atoms with E-state index in [0.29, 0.717) is 93.9 Å². The van der Waals surface area contributed by atoms with Crippen molar-refractivity contribution in [2.45, 2.75) is 185 Å². The third-order valence-electron chi connectivity index (χ3n) is 25.4. The molecule has 10 rings (SSSR count). The van der Waals surface area contributed by atoms with Crippen molar-refractivity contribution in [2.24, 2.45) is 5.92 Å². The molecule has 7 heterocycles. The van der Waals surface area contributed by atoms with Crippen LogP contribution in [0.3, 0.4) is 0 Å². The number of para-hydroxylation sites is 1. The second kappa shape index (κ2) is 47.4. The van der Waals surface area contributed by atoms with E-state index in [1.54, 1.807) is 7.05 Å². The van der Waals surface area contributed by atoms with E-state index in [1.807, 2.05) is 60.4 Å². The van der Waals surface area contributed by atoms with Gasteiger partial charge in [-0.1, -0.05) is 6.92 Å². The van der Waals surface area contributed by atoms with Crippen LogP contribution in [-0.2, 0) is 118 Å². The molecule has 3 fully saturated rings. The van der Waals surface area contributed by atoms with Crippen LogP contribution in [0.25, 0.3) is 10.9 Å². The van der Waals surface area contributed by atoms with Crippen molar-refractivity contribution in [2.75, 3.05) is 156 Å². The summed E-state index contributed by atoms with van der Waals surface area (Å²) in [7, 11) is 4.52. The van der Waals surface area contributed by atoms with E-state index < -0.39 is 191 Å². The topological polar surface area (TPSA) is 578 Å². The van der Waals surface area contributed by atoms with Crippen LogP contribution in [0.1, 0.15) is 145 Å². The Labute approximate surface area is 773 Å². The number of alkyl halides is 2. The monoisotopic (exact) mass is 1960 g/mol. The van der Waals surface area contributed by atoms with E-state index >= 15 is 4.79 Å². The van der Waals surface area contributed by atoms with Crippen LogP contribution < -0.4 is 89.3 Å². The zero-order chi connectivity index (χ0) is 95.7. The Hall–Kier alpha value is -11.3. The second-order valence-electron chi connectivity index (χ2n) is 34.2. The van der Waals surface area contributed by atoms with Gasteiger partial charge in [0.15, 0.2) is 0 Å². The van der Waals surface area contributed by atoms with E-state index in [4.69, 9.17) is 28.8 Å². The number of aliphatic hydroxyl groups is 2. The number of nitrogens with zero attached hydrogens (tertiary/aromatic N) is 4. The number of anilines is 1. The van der Waals surface area contributed by atoms with Crippen LogP contribution in [-0.4, -0.2) is 336 Å². The van der Waals surface area contributed by atoms with Crippen LogP contribution in [0, 0.1) is 5.92 Å². The standard InChI is InChI=1S/C89H124IN16O26/c1-7-85(126)46-55-47-87(77-57(27-39-104(51-55)53-85)56-16-8-9-17-60(56)102-77,59-44-58-63(45-64(59)128-5)103(4)81-86(58)30-40-105-37-14-29-88(90-3,80(86)105)82(132-54(2)107)89(81,127)84(125)129-6)83(124)96-35-34-94-70(113)48-97-71(114)49-98-72(115)50-99-78(121)61(100-69(112)26-33-93-65(108)20-13-38-106-74(117)24-25-75(106)118)18-10-11-31-91-67(110)28-42-130-43-36-95-73(116)52-131-41-15-32-92-66(109)23-22-62(79(122)123)101-68(111)19-12-21-76(119)120/h8-9,14,16-17,24-25,29,44-45,55,61-62,80-82,102,126-127H,7,10-13,15,18-23,26-28,30-43,46-53H2,1-6H3,(H,91,110)(H,92,109)(H,93,108)(H,94,113)(H,95,116)(H,96,124)(H,97,114)(H,98,115)(H,99,121)(H,100,112)(H,101,111)(H,119,120)(H,122,123)/q-1/t55-,61-,62+,80-,81-,82-,85+,86-,87+,88+,89+/m1/s1. The number of nitrogens with one attached hydrogen (secondary N) is 12. The molecule has 42 nitrogen and oxygen atoms in total. The molecule has 1 saturated carbocycles. The third-order valence-corrected chi connectivity index (χ3v) is 28.8. The molecule has 7 aliphatic rings. The number of carboxylic acid groups (broad SMARTS) is 2. The number of piperidine rings is 1. The van der Waals surface area contributed by atoms with Crippen molar-refractivity contribution in [3.63, 3.8) is 0 Å². The molecule has 724 valence electrons. The number of hydrogen-bond acceptors (Lipinski definition) is 27. The number of aromatic amines is 1. The van der Waals surface area contributed by atoms with Crippen molar-refractivity contribution < 1.29 is 147 Å². The Morgan fingerprint density at radius 2 is 1.28 bits per heavy atom.